The van der Waals surface area contributed by atoms with E-state index in [-0.39, 0.29) is 11.8 Å². The molecule has 0 unspecified atom stereocenters. The third-order valence-corrected chi connectivity index (χ3v) is 4.51. The van der Waals surface area contributed by atoms with Crippen molar-refractivity contribution in [2.45, 2.75) is 33.7 Å². The second-order valence-corrected chi connectivity index (χ2v) is 6.60. The Hall–Kier alpha value is -2.28. The van der Waals surface area contributed by atoms with E-state index in [1.807, 2.05) is 45.0 Å². The zero-order chi connectivity index (χ0) is 16.4. The molecule has 6 nitrogen and oxygen atoms in total. The van der Waals surface area contributed by atoms with Crippen molar-refractivity contribution < 1.29 is 4.79 Å². The molecule has 0 atom stereocenters. The van der Waals surface area contributed by atoms with Crippen molar-refractivity contribution in [3.63, 3.8) is 0 Å². The summed E-state index contributed by atoms with van der Waals surface area (Å²) in [5.41, 5.74) is 2.11. The van der Waals surface area contributed by atoms with Crippen molar-refractivity contribution in [1.29, 1.82) is 0 Å². The van der Waals surface area contributed by atoms with Crippen LogP contribution in [-0.4, -0.2) is 25.7 Å². The highest BCUT2D eigenvalue weighted by atomic mass is 32.1. The fourth-order valence-corrected chi connectivity index (χ4v) is 3.02. The fraction of sp³-hybridized carbons (Fsp3) is 0.375. The molecular formula is C16H19N5OS. The second kappa shape index (κ2) is 6.45. The molecular weight excluding hydrogens is 310 g/mol. The van der Waals surface area contributed by atoms with E-state index < -0.39 is 0 Å². The number of rotatable bonds is 5. The molecule has 0 fully saturated rings. The summed E-state index contributed by atoms with van der Waals surface area (Å²) in [6, 6.07) is 8.07. The first-order chi connectivity index (χ1) is 11.1. The van der Waals surface area contributed by atoms with E-state index >= 15 is 0 Å². The van der Waals surface area contributed by atoms with Crippen LogP contribution in [0.25, 0.3) is 15.5 Å². The van der Waals surface area contributed by atoms with E-state index in [1.54, 1.807) is 4.52 Å². The molecule has 0 aliphatic carbocycles. The molecule has 0 saturated carbocycles. The van der Waals surface area contributed by atoms with Gasteiger partial charge in [0.15, 0.2) is 5.82 Å². The Bertz CT molecular complexity index is 819. The van der Waals surface area contributed by atoms with Gasteiger partial charge in [-0.2, -0.15) is 9.61 Å². The number of hydrogen-bond donors (Lipinski definition) is 1. The van der Waals surface area contributed by atoms with Gasteiger partial charge < -0.3 is 5.32 Å². The average molecular weight is 329 g/mol. The molecule has 1 N–H and O–H groups in total. The quantitative estimate of drug-likeness (QED) is 0.781. The Kier molecular flexibility index (Phi) is 4.38. The third-order valence-electron chi connectivity index (χ3n) is 3.56. The summed E-state index contributed by atoms with van der Waals surface area (Å²) in [4.78, 5) is 12.4. The molecule has 3 rings (SSSR count). The number of benzene rings is 1. The molecule has 1 aromatic carbocycles. The topological polar surface area (TPSA) is 72.2 Å². The Morgan fingerprint density at radius 2 is 2.00 bits per heavy atom. The normalized spacial score (nSPS) is 11.3. The van der Waals surface area contributed by atoms with Gasteiger partial charge in [-0.3, -0.25) is 4.79 Å². The number of fused-ring (bicyclic) bond motifs is 1. The maximum atomic E-state index is 11.6. The monoisotopic (exact) mass is 329 g/mol. The third kappa shape index (κ3) is 3.24. The van der Waals surface area contributed by atoms with Crippen LogP contribution in [0.15, 0.2) is 24.3 Å². The van der Waals surface area contributed by atoms with Crippen LogP contribution in [0.5, 0.6) is 0 Å². The van der Waals surface area contributed by atoms with E-state index in [2.05, 4.69) is 20.6 Å². The summed E-state index contributed by atoms with van der Waals surface area (Å²) < 4.78 is 1.80. The van der Waals surface area contributed by atoms with Crippen LogP contribution in [-0.2, 0) is 17.8 Å². The molecule has 0 aliphatic rings. The van der Waals surface area contributed by atoms with E-state index in [9.17, 15) is 4.79 Å². The Labute approximate surface area is 138 Å². The van der Waals surface area contributed by atoms with Gasteiger partial charge in [0.05, 0.1) is 0 Å². The lowest BCUT2D eigenvalue weighted by atomic mass is 10.1. The van der Waals surface area contributed by atoms with Crippen molar-refractivity contribution >= 4 is 22.2 Å². The molecule has 0 saturated heterocycles. The first-order valence-corrected chi connectivity index (χ1v) is 8.48. The summed E-state index contributed by atoms with van der Waals surface area (Å²) >= 11 is 1.52. The smallest absolute Gasteiger partial charge is 0.234 e. The van der Waals surface area contributed by atoms with E-state index in [1.165, 1.54) is 11.3 Å². The molecule has 3 aromatic rings. The van der Waals surface area contributed by atoms with Gasteiger partial charge in [-0.1, -0.05) is 56.4 Å². The van der Waals surface area contributed by atoms with Crippen molar-refractivity contribution in [1.82, 2.24) is 25.1 Å². The lowest BCUT2D eigenvalue weighted by Crippen LogP contribution is -2.27. The van der Waals surface area contributed by atoms with Gasteiger partial charge in [-0.15, -0.1) is 10.2 Å². The van der Waals surface area contributed by atoms with Crippen molar-refractivity contribution in [3.8, 4) is 10.6 Å². The van der Waals surface area contributed by atoms with Crippen LogP contribution in [0.3, 0.4) is 0 Å². The van der Waals surface area contributed by atoms with Gasteiger partial charge in [0.1, 0.15) is 5.01 Å². The Morgan fingerprint density at radius 3 is 2.65 bits per heavy atom. The van der Waals surface area contributed by atoms with Crippen molar-refractivity contribution in [3.05, 3.63) is 35.7 Å². The van der Waals surface area contributed by atoms with E-state index in [0.29, 0.717) is 6.54 Å². The lowest BCUT2D eigenvalue weighted by Gasteiger charge is -2.07. The van der Waals surface area contributed by atoms with Crippen LogP contribution in [0.4, 0.5) is 0 Å². The Balaban J connectivity index is 1.75. The summed E-state index contributed by atoms with van der Waals surface area (Å²) in [6.07, 6.45) is 0.804. The minimum atomic E-state index is 0.00202. The number of nitrogens with one attached hydrogen (secondary N) is 1. The van der Waals surface area contributed by atoms with E-state index in [4.69, 9.17) is 0 Å². The first-order valence-electron chi connectivity index (χ1n) is 7.66. The maximum Gasteiger partial charge on any atom is 0.234 e. The molecule has 2 aromatic heterocycles. The average Bonchev–Trinajstić information content (AvgIpc) is 3.13. The molecule has 23 heavy (non-hydrogen) atoms. The van der Waals surface area contributed by atoms with Gasteiger partial charge in [-0.05, 0) is 5.56 Å². The molecule has 0 bridgehead atoms. The SMILES string of the molecule is CCc1nnc2sc(-c3ccc(CNC(=O)C(C)C)cc3)nn12. The highest BCUT2D eigenvalue weighted by molar-refractivity contribution is 7.19. The Morgan fingerprint density at radius 1 is 1.26 bits per heavy atom. The number of amides is 1. The predicted octanol–water partition coefficient (Wildman–Crippen LogP) is 2.69. The highest BCUT2D eigenvalue weighted by Gasteiger charge is 2.12. The first kappa shape index (κ1) is 15.6. The number of carbonyl (C=O) groups excluding carboxylic acids is 1. The minimum absolute atomic E-state index is 0.00202. The molecule has 2 heterocycles. The number of nitrogens with zero attached hydrogens (tertiary/aromatic N) is 4. The number of aryl methyl sites for hydroxylation is 1. The molecule has 0 radical (unpaired) electrons. The number of carbonyl (C=O) groups is 1. The number of hydrogen-bond acceptors (Lipinski definition) is 5. The second-order valence-electron chi connectivity index (χ2n) is 5.64. The lowest BCUT2D eigenvalue weighted by molar-refractivity contribution is -0.124. The maximum absolute atomic E-state index is 11.6. The minimum Gasteiger partial charge on any atom is -0.352 e. The molecule has 120 valence electrons. The summed E-state index contributed by atoms with van der Waals surface area (Å²) in [5.74, 6) is 0.938. The molecule has 0 aliphatic heterocycles. The van der Waals surface area contributed by atoms with Gasteiger partial charge in [-0.25, -0.2) is 0 Å². The highest BCUT2D eigenvalue weighted by Crippen LogP contribution is 2.25. The van der Waals surface area contributed by atoms with Crippen molar-refractivity contribution in [2.24, 2.45) is 5.92 Å². The van der Waals surface area contributed by atoms with Crippen LogP contribution < -0.4 is 5.32 Å². The summed E-state index contributed by atoms with van der Waals surface area (Å²) in [5, 5.41) is 16.7. The van der Waals surface area contributed by atoms with Crippen LogP contribution >= 0.6 is 11.3 Å². The van der Waals surface area contributed by atoms with Crippen LogP contribution in [0, 0.1) is 5.92 Å². The van der Waals surface area contributed by atoms with Gasteiger partial charge in [0, 0.05) is 24.4 Å². The number of aromatic nitrogens is 4. The zero-order valence-corrected chi connectivity index (χ0v) is 14.2. The summed E-state index contributed by atoms with van der Waals surface area (Å²) in [6.45, 7) is 6.35. The standard InChI is InChI=1S/C16H19N5OS/c1-4-13-18-19-16-21(13)20-15(23-16)12-7-5-11(6-8-12)9-17-14(22)10(2)3/h5-8,10H,4,9H2,1-3H3,(H,17,22). The van der Waals surface area contributed by atoms with E-state index in [0.717, 1.165) is 33.3 Å². The summed E-state index contributed by atoms with van der Waals surface area (Å²) in [7, 11) is 0. The zero-order valence-electron chi connectivity index (χ0n) is 13.4. The van der Waals surface area contributed by atoms with Crippen LogP contribution in [0.1, 0.15) is 32.2 Å². The molecule has 7 heteroatoms. The largest absolute Gasteiger partial charge is 0.352 e. The fourth-order valence-electron chi connectivity index (χ4n) is 2.15. The van der Waals surface area contributed by atoms with Gasteiger partial charge >= 0.3 is 0 Å². The molecule has 1 amide bonds. The molecule has 0 spiro atoms. The van der Waals surface area contributed by atoms with Gasteiger partial charge in [0.2, 0.25) is 10.9 Å². The predicted molar refractivity (Wildman–Crippen MR) is 90.2 cm³/mol. The van der Waals surface area contributed by atoms with Gasteiger partial charge in [0.25, 0.3) is 0 Å². The van der Waals surface area contributed by atoms with Crippen molar-refractivity contribution in [2.75, 3.05) is 0 Å². The van der Waals surface area contributed by atoms with Crippen LogP contribution in [0.2, 0.25) is 0 Å².